The van der Waals surface area contributed by atoms with Crippen LogP contribution in [-0.2, 0) is 11.0 Å². The van der Waals surface area contributed by atoms with Gasteiger partial charge in [-0.2, -0.15) is 13.2 Å². The maximum atomic E-state index is 14.1. The molecule has 4 rings (SSSR count). The monoisotopic (exact) mass is 419 g/mol. The van der Waals surface area contributed by atoms with Gasteiger partial charge >= 0.3 is 6.18 Å². The number of hydrazine groups is 1. The van der Waals surface area contributed by atoms with Crippen LogP contribution in [0.2, 0.25) is 0 Å². The number of benzene rings is 2. The summed E-state index contributed by atoms with van der Waals surface area (Å²) in [6, 6.07) is 7.59. The van der Waals surface area contributed by atoms with E-state index in [1.54, 1.807) is 13.0 Å². The number of nitrogens with zero attached hydrogens (tertiary/aromatic N) is 1. The molecule has 9 heteroatoms. The Morgan fingerprint density at radius 3 is 2.30 bits per heavy atom. The third-order valence-electron chi connectivity index (χ3n) is 4.70. The van der Waals surface area contributed by atoms with Crippen molar-refractivity contribution in [1.29, 1.82) is 0 Å². The Labute approximate surface area is 168 Å². The van der Waals surface area contributed by atoms with E-state index in [4.69, 9.17) is 0 Å². The molecule has 2 N–H and O–H groups in total. The molecule has 0 radical (unpaired) electrons. The summed E-state index contributed by atoms with van der Waals surface area (Å²) in [5, 5.41) is 4.09. The maximum Gasteiger partial charge on any atom is 0.416 e. The Balaban J connectivity index is 1.69. The minimum absolute atomic E-state index is 0.00709. The van der Waals surface area contributed by atoms with E-state index in [9.17, 15) is 26.7 Å². The average molecular weight is 419 g/mol. The van der Waals surface area contributed by atoms with Crippen molar-refractivity contribution in [3.05, 3.63) is 94.5 Å². The molecule has 0 bridgehead atoms. The summed E-state index contributed by atoms with van der Waals surface area (Å²) >= 11 is 0. The molecule has 2 aromatic rings. The molecule has 0 saturated carbocycles. The lowest BCUT2D eigenvalue weighted by Gasteiger charge is -2.35. The van der Waals surface area contributed by atoms with Crippen molar-refractivity contribution in [2.45, 2.75) is 13.1 Å². The van der Waals surface area contributed by atoms with Crippen molar-refractivity contribution >= 4 is 17.2 Å². The quantitative estimate of drug-likeness (QED) is 0.703. The highest BCUT2D eigenvalue weighted by Gasteiger charge is 2.31. The zero-order valence-electron chi connectivity index (χ0n) is 15.4. The van der Waals surface area contributed by atoms with Gasteiger partial charge in [0.1, 0.15) is 17.5 Å². The minimum atomic E-state index is -4.45. The topological polar surface area (TPSA) is 44.4 Å². The van der Waals surface area contributed by atoms with Gasteiger partial charge in [-0.05, 0) is 42.8 Å². The standard InChI is InChI=1S/C21H14F5N3O/c1-11-16(12-2-4-13(5-3-12)21(24,25)26)9-19-27-18(10-20(30)29(19)28-11)15-7-6-14(22)8-17(15)23/h2-10,27-28H,1H3. The Morgan fingerprint density at radius 1 is 0.967 bits per heavy atom. The van der Waals surface area contributed by atoms with E-state index in [0.29, 0.717) is 22.9 Å². The number of amides is 1. The first kappa shape index (κ1) is 19.7. The average Bonchev–Trinajstić information content (AvgIpc) is 2.67. The van der Waals surface area contributed by atoms with Crippen LogP contribution in [0.5, 0.6) is 0 Å². The highest BCUT2D eigenvalue weighted by molar-refractivity contribution is 5.99. The number of hydrogen-bond acceptors (Lipinski definition) is 3. The van der Waals surface area contributed by atoms with Crippen molar-refractivity contribution in [2.24, 2.45) is 0 Å². The number of carbonyl (C=O) groups is 1. The van der Waals surface area contributed by atoms with E-state index in [2.05, 4.69) is 10.7 Å². The van der Waals surface area contributed by atoms with Crippen LogP contribution in [0, 0.1) is 11.6 Å². The van der Waals surface area contributed by atoms with Crippen LogP contribution < -0.4 is 10.7 Å². The van der Waals surface area contributed by atoms with Crippen molar-refractivity contribution < 1.29 is 26.7 Å². The molecule has 0 saturated heterocycles. The predicted molar refractivity (Wildman–Crippen MR) is 99.6 cm³/mol. The molecule has 0 atom stereocenters. The Hall–Kier alpha value is -3.62. The molecule has 2 aliphatic heterocycles. The molecule has 154 valence electrons. The zero-order valence-corrected chi connectivity index (χ0v) is 15.4. The number of carbonyl (C=O) groups excluding carboxylic acids is 1. The largest absolute Gasteiger partial charge is 0.416 e. The lowest BCUT2D eigenvalue weighted by Crippen LogP contribution is -2.49. The van der Waals surface area contributed by atoms with Crippen LogP contribution in [0.25, 0.3) is 11.3 Å². The van der Waals surface area contributed by atoms with Crippen molar-refractivity contribution in [2.75, 3.05) is 0 Å². The van der Waals surface area contributed by atoms with Gasteiger partial charge in [0.2, 0.25) is 0 Å². The van der Waals surface area contributed by atoms with Crippen molar-refractivity contribution in [3.63, 3.8) is 0 Å². The molecule has 0 unspecified atom stereocenters. The number of nitrogens with one attached hydrogen (secondary N) is 2. The number of alkyl halides is 3. The van der Waals surface area contributed by atoms with E-state index >= 15 is 0 Å². The number of rotatable bonds is 2. The van der Waals surface area contributed by atoms with Crippen LogP contribution >= 0.6 is 0 Å². The van der Waals surface area contributed by atoms with Crippen LogP contribution in [0.1, 0.15) is 23.6 Å². The van der Waals surface area contributed by atoms with Gasteiger partial charge in [0.25, 0.3) is 5.91 Å². The molecule has 2 aliphatic rings. The summed E-state index contributed by atoms with van der Waals surface area (Å²) in [6.45, 7) is 1.67. The molecule has 2 aromatic carbocycles. The van der Waals surface area contributed by atoms with E-state index < -0.39 is 29.3 Å². The van der Waals surface area contributed by atoms with E-state index in [1.807, 2.05) is 0 Å². The summed E-state index contributed by atoms with van der Waals surface area (Å²) in [4.78, 5) is 12.5. The van der Waals surface area contributed by atoms with E-state index in [1.165, 1.54) is 23.2 Å². The van der Waals surface area contributed by atoms with E-state index in [0.717, 1.165) is 24.3 Å². The summed E-state index contributed by atoms with van der Waals surface area (Å²) in [5.41, 5.74) is 3.83. The summed E-state index contributed by atoms with van der Waals surface area (Å²) in [5.74, 6) is -1.83. The highest BCUT2D eigenvalue weighted by atomic mass is 19.4. The van der Waals surface area contributed by atoms with Crippen LogP contribution in [0.4, 0.5) is 22.0 Å². The lowest BCUT2D eigenvalue weighted by molar-refractivity contribution is -0.137. The van der Waals surface area contributed by atoms with Crippen molar-refractivity contribution in [1.82, 2.24) is 15.8 Å². The molecule has 0 fully saturated rings. The van der Waals surface area contributed by atoms with Gasteiger partial charge in [-0.25, -0.2) is 13.8 Å². The molecule has 2 heterocycles. The zero-order chi connectivity index (χ0) is 21.6. The van der Waals surface area contributed by atoms with Crippen molar-refractivity contribution in [3.8, 4) is 0 Å². The first-order chi connectivity index (χ1) is 14.1. The molecular weight excluding hydrogens is 405 g/mol. The van der Waals surface area contributed by atoms with Gasteiger partial charge in [0.15, 0.2) is 0 Å². The normalized spacial score (nSPS) is 16.5. The van der Waals surface area contributed by atoms with Crippen LogP contribution in [0.3, 0.4) is 0 Å². The fourth-order valence-electron chi connectivity index (χ4n) is 3.22. The highest BCUT2D eigenvalue weighted by Crippen LogP contribution is 2.33. The summed E-state index contributed by atoms with van der Waals surface area (Å²) < 4.78 is 65.8. The Bertz CT molecular complexity index is 1130. The van der Waals surface area contributed by atoms with Gasteiger partial charge in [0, 0.05) is 29.0 Å². The van der Waals surface area contributed by atoms with Gasteiger partial charge in [-0.1, -0.05) is 12.1 Å². The lowest BCUT2D eigenvalue weighted by atomic mass is 10.00. The second-order valence-electron chi connectivity index (χ2n) is 6.74. The molecule has 0 spiro atoms. The van der Waals surface area contributed by atoms with Crippen LogP contribution in [0.15, 0.2) is 66.1 Å². The molecular formula is C21H14F5N3O. The molecule has 1 amide bonds. The van der Waals surface area contributed by atoms with Crippen LogP contribution in [-0.4, -0.2) is 10.9 Å². The fraction of sp³-hybridized carbons (Fsp3) is 0.0952. The third-order valence-corrected chi connectivity index (χ3v) is 4.70. The number of fused-ring (bicyclic) bond motifs is 1. The predicted octanol–water partition coefficient (Wildman–Crippen LogP) is 4.55. The molecule has 30 heavy (non-hydrogen) atoms. The third kappa shape index (κ3) is 3.54. The number of halogens is 5. The smallest absolute Gasteiger partial charge is 0.339 e. The Morgan fingerprint density at radius 2 is 1.67 bits per heavy atom. The van der Waals surface area contributed by atoms with Gasteiger partial charge < -0.3 is 5.32 Å². The summed E-state index contributed by atoms with van der Waals surface area (Å²) in [7, 11) is 0. The number of allylic oxidation sites excluding steroid dienone is 3. The second-order valence-corrected chi connectivity index (χ2v) is 6.74. The van der Waals surface area contributed by atoms with Gasteiger partial charge in [0.05, 0.1) is 11.3 Å². The Kier molecular flexibility index (Phi) is 4.60. The second kappa shape index (κ2) is 7.01. The first-order valence-electron chi connectivity index (χ1n) is 8.78. The maximum absolute atomic E-state index is 14.1. The SMILES string of the molecule is CC1=C(c2ccc(C(F)(F)F)cc2)C=C2NC(c3ccc(F)cc3F)=CC(=O)N2N1. The summed E-state index contributed by atoms with van der Waals surface area (Å²) in [6.07, 6.45) is -1.71. The van der Waals surface area contributed by atoms with Gasteiger partial charge in [-0.15, -0.1) is 0 Å². The molecule has 4 nitrogen and oxygen atoms in total. The minimum Gasteiger partial charge on any atom is -0.339 e. The van der Waals surface area contributed by atoms with E-state index in [-0.39, 0.29) is 17.1 Å². The first-order valence-corrected chi connectivity index (χ1v) is 8.78. The molecule has 0 aromatic heterocycles. The van der Waals surface area contributed by atoms with Gasteiger partial charge in [-0.3, -0.25) is 10.2 Å². The molecule has 0 aliphatic carbocycles. The number of hydrogen-bond donors (Lipinski definition) is 2. The fourth-order valence-corrected chi connectivity index (χ4v) is 3.22.